The van der Waals surface area contributed by atoms with Crippen molar-refractivity contribution in [2.24, 2.45) is 0 Å². The van der Waals surface area contributed by atoms with Gasteiger partial charge in [-0.3, -0.25) is 4.98 Å². The summed E-state index contributed by atoms with van der Waals surface area (Å²) in [6, 6.07) is 3.99. The Kier molecular flexibility index (Phi) is 4.40. The second kappa shape index (κ2) is 6.35. The third kappa shape index (κ3) is 3.48. The standard InChI is InChI=1S/C16H16F4N4/c1-23-4-6-24(7-5-23)14-3-2-13(22-15(14)16(18,19)20)11-8-12(17)10-21-9-11/h2-3,8-10H,4-7H2,1H3. The van der Waals surface area contributed by atoms with E-state index in [1.165, 1.54) is 18.3 Å². The zero-order valence-corrected chi connectivity index (χ0v) is 13.0. The predicted octanol–water partition coefficient (Wildman–Crippen LogP) is 3.05. The van der Waals surface area contributed by atoms with Crippen molar-refractivity contribution in [1.29, 1.82) is 0 Å². The largest absolute Gasteiger partial charge is 0.435 e. The first-order valence-corrected chi connectivity index (χ1v) is 7.47. The summed E-state index contributed by atoms with van der Waals surface area (Å²) in [5, 5.41) is 0. The number of halogens is 4. The molecule has 0 radical (unpaired) electrons. The molecule has 0 atom stereocenters. The van der Waals surface area contributed by atoms with E-state index in [4.69, 9.17) is 0 Å². The molecule has 3 rings (SSSR count). The van der Waals surface area contributed by atoms with Gasteiger partial charge in [-0.2, -0.15) is 13.2 Å². The molecule has 0 unspecified atom stereocenters. The number of piperazine rings is 1. The molecule has 2 aromatic rings. The van der Waals surface area contributed by atoms with Crippen LogP contribution in [0.2, 0.25) is 0 Å². The Labute approximate surface area is 136 Å². The lowest BCUT2D eigenvalue weighted by Crippen LogP contribution is -2.45. The Hall–Kier alpha value is -2.22. The molecule has 1 fully saturated rings. The summed E-state index contributed by atoms with van der Waals surface area (Å²) in [6.45, 7) is 2.38. The second-order valence-corrected chi connectivity index (χ2v) is 5.74. The smallest absolute Gasteiger partial charge is 0.367 e. The van der Waals surface area contributed by atoms with Crippen LogP contribution in [0.25, 0.3) is 11.3 Å². The van der Waals surface area contributed by atoms with Gasteiger partial charge in [-0.25, -0.2) is 9.37 Å². The van der Waals surface area contributed by atoms with Crippen LogP contribution < -0.4 is 4.90 Å². The Morgan fingerprint density at radius 1 is 1.04 bits per heavy atom. The van der Waals surface area contributed by atoms with E-state index >= 15 is 0 Å². The molecule has 1 saturated heterocycles. The Bertz CT molecular complexity index is 724. The molecule has 0 bridgehead atoms. The molecule has 128 valence electrons. The summed E-state index contributed by atoms with van der Waals surface area (Å²) >= 11 is 0. The fourth-order valence-corrected chi connectivity index (χ4v) is 2.68. The van der Waals surface area contributed by atoms with E-state index in [0.29, 0.717) is 26.2 Å². The van der Waals surface area contributed by atoms with Crippen LogP contribution in [0.4, 0.5) is 23.2 Å². The number of anilines is 1. The average Bonchev–Trinajstić information content (AvgIpc) is 2.54. The van der Waals surface area contributed by atoms with Crippen molar-refractivity contribution < 1.29 is 17.6 Å². The summed E-state index contributed by atoms with van der Waals surface area (Å²) in [6.07, 6.45) is -2.30. The van der Waals surface area contributed by atoms with Crippen molar-refractivity contribution in [3.63, 3.8) is 0 Å². The van der Waals surface area contributed by atoms with Crippen LogP contribution >= 0.6 is 0 Å². The van der Waals surface area contributed by atoms with Crippen LogP contribution in [0, 0.1) is 5.82 Å². The van der Waals surface area contributed by atoms with E-state index in [1.807, 2.05) is 7.05 Å². The maximum absolute atomic E-state index is 13.5. The topological polar surface area (TPSA) is 32.3 Å². The van der Waals surface area contributed by atoms with Gasteiger partial charge in [-0.15, -0.1) is 0 Å². The Morgan fingerprint density at radius 2 is 1.75 bits per heavy atom. The van der Waals surface area contributed by atoms with Gasteiger partial charge in [0.1, 0.15) is 5.82 Å². The van der Waals surface area contributed by atoms with Crippen molar-refractivity contribution in [2.45, 2.75) is 6.18 Å². The van der Waals surface area contributed by atoms with E-state index in [-0.39, 0.29) is 16.9 Å². The van der Waals surface area contributed by atoms with Crippen molar-refractivity contribution in [2.75, 3.05) is 38.1 Å². The quantitative estimate of drug-likeness (QED) is 0.787. The molecular formula is C16H16F4N4. The number of hydrogen-bond donors (Lipinski definition) is 0. The van der Waals surface area contributed by atoms with Crippen LogP contribution in [-0.4, -0.2) is 48.1 Å². The molecule has 8 heteroatoms. The highest BCUT2D eigenvalue weighted by molar-refractivity contribution is 5.63. The van der Waals surface area contributed by atoms with E-state index in [2.05, 4.69) is 14.9 Å². The molecule has 24 heavy (non-hydrogen) atoms. The van der Waals surface area contributed by atoms with E-state index in [1.54, 1.807) is 4.90 Å². The van der Waals surface area contributed by atoms with Gasteiger partial charge >= 0.3 is 6.18 Å². The van der Waals surface area contributed by atoms with Crippen LogP contribution in [0.3, 0.4) is 0 Å². The first-order chi connectivity index (χ1) is 11.3. The highest BCUT2D eigenvalue weighted by atomic mass is 19.4. The van der Waals surface area contributed by atoms with Gasteiger partial charge in [0, 0.05) is 37.9 Å². The minimum atomic E-state index is -4.59. The van der Waals surface area contributed by atoms with Crippen molar-refractivity contribution >= 4 is 5.69 Å². The first-order valence-electron chi connectivity index (χ1n) is 7.47. The molecule has 0 spiro atoms. The molecule has 0 aliphatic carbocycles. The predicted molar refractivity (Wildman–Crippen MR) is 82.1 cm³/mol. The molecule has 2 aromatic heterocycles. The first kappa shape index (κ1) is 16.6. The number of likely N-dealkylation sites (N-methyl/N-ethyl adjacent to an activating group) is 1. The highest BCUT2D eigenvalue weighted by Crippen LogP contribution is 2.37. The third-order valence-corrected chi connectivity index (χ3v) is 3.99. The normalized spacial score (nSPS) is 16.5. The van der Waals surface area contributed by atoms with Gasteiger partial charge in [-0.05, 0) is 25.2 Å². The highest BCUT2D eigenvalue weighted by Gasteiger charge is 2.37. The SMILES string of the molecule is CN1CCN(c2ccc(-c3cncc(F)c3)nc2C(F)(F)F)CC1. The van der Waals surface area contributed by atoms with Gasteiger partial charge < -0.3 is 9.80 Å². The summed E-state index contributed by atoms with van der Waals surface area (Å²) < 4.78 is 53.7. The molecule has 0 aromatic carbocycles. The molecule has 1 aliphatic rings. The third-order valence-electron chi connectivity index (χ3n) is 3.99. The number of nitrogens with zero attached hydrogens (tertiary/aromatic N) is 4. The number of aromatic nitrogens is 2. The zero-order chi connectivity index (χ0) is 17.3. The fourth-order valence-electron chi connectivity index (χ4n) is 2.68. The van der Waals surface area contributed by atoms with Crippen molar-refractivity contribution in [3.8, 4) is 11.3 Å². The van der Waals surface area contributed by atoms with Crippen LogP contribution in [0.5, 0.6) is 0 Å². The molecule has 0 amide bonds. The number of rotatable bonds is 2. The lowest BCUT2D eigenvalue weighted by molar-refractivity contribution is -0.140. The van der Waals surface area contributed by atoms with Gasteiger partial charge in [0.05, 0.1) is 17.6 Å². The Balaban J connectivity index is 2.01. The molecule has 0 saturated carbocycles. The minimum absolute atomic E-state index is 0.0483. The van der Waals surface area contributed by atoms with Crippen LogP contribution in [0.1, 0.15) is 5.69 Å². The van der Waals surface area contributed by atoms with Crippen LogP contribution in [-0.2, 0) is 6.18 Å². The summed E-state index contributed by atoms with van der Waals surface area (Å²) in [5.74, 6) is -0.619. The summed E-state index contributed by atoms with van der Waals surface area (Å²) in [5.41, 5.74) is -0.629. The van der Waals surface area contributed by atoms with Gasteiger partial charge in [0.15, 0.2) is 5.69 Å². The minimum Gasteiger partial charge on any atom is -0.367 e. The molecule has 1 aliphatic heterocycles. The van der Waals surface area contributed by atoms with E-state index < -0.39 is 17.7 Å². The van der Waals surface area contributed by atoms with Crippen molar-refractivity contribution in [1.82, 2.24) is 14.9 Å². The number of alkyl halides is 3. The summed E-state index contributed by atoms with van der Waals surface area (Å²) in [4.78, 5) is 11.2. The van der Waals surface area contributed by atoms with Gasteiger partial charge in [-0.1, -0.05) is 0 Å². The zero-order valence-electron chi connectivity index (χ0n) is 13.0. The molecular weight excluding hydrogens is 324 g/mol. The Morgan fingerprint density at radius 3 is 2.38 bits per heavy atom. The molecule has 4 nitrogen and oxygen atoms in total. The average molecular weight is 340 g/mol. The van der Waals surface area contributed by atoms with E-state index in [0.717, 1.165) is 12.3 Å². The van der Waals surface area contributed by atoms with Gasteiger partial charge in [0.2, 0.25) is 0 Å². The lowest BCUT2D eigenvalue weighted by Gasteiger charge is -2.35. The maximum atomic E-state index is 13.5. The molecule has 0 N–H and O–H groups in total. The van der Waals surface area contributed by atoms with Gasteiger partial charge in [0.25, 0.3) is 0 Å². The second-order valence-electron chi connectivity index (χ2n) is 5.74. The van der Waals surface area contributed by atoms with Crippen LogP contribution in [0.15, 0.2) is 30.6 Å². The van der Waals surface area contributed by atoms with E-state index in [9.17, 15) is 17.6 Å². The fraction of sp³-hybridized carbons (Fsp3) is 0.375. The summed E-state index contributed by atoms with van der Waals surface area (Å²) in [7, 11) is 1.93. The lowest BCUT2D eigenvalue weighted by atomic mass is 10.1. The monoisotopic (exact) mass is 340 g/mol. The number of pyridine rings is 2. The number of hydrogen-bond acceptors (Lipinski definition) is 4. The van der Waals surface area contributed by atoms with Crippen molar-refractivity contribution in [3.05, 3.63) is 42.1 Å². The molecule has 3 heterocycles. The maximum Gasteiger partial charge on any atom is 0.435 e.